The molecule has 0 aliphatic carbocycles. The third-order valence-electron chi connectivity index (χ3n) is 3.34. The summed E-state index contributed by atoms with van der Waals surface area (Å²) in [5.41, 5.74) is 0.953. The van der Waals surface area contributed by atoms with Crippen LogP contribution in [0.1, 0.15) is 47.5 Å². The Morgan fingerprint density at radius 3 is 2.36 bits per heavy atom. The first-order chi connectivity index (χ1) is 6.21. The van der Waals surface area contributed by atoms with Crippen molar-refractivity contribution in [1.82, 2.24) is 3.11 Å². The van der Waals surface area contributed by atoms with E-state index in [-0.39, 0.29) is 0 Å². The fourth-order valence-electron chi connectivity index (χ4n) is 2.41. The van der Waals surface area contributed by atoms with Gasteiger partial charge in [-0.15, -0.1) is 0 Å². The molecule has 0 radical (unpaired) electrons. The van der Waals surface area contributed by atoms with Crippen molar-refractivity contribution in [3.05, 3.63) is 0 Å². The summed E-state index contributed by atoms with van der Waals surface area (Å²) in [5, 5.41) is 0. The Morgan fingerprint density at radius 2 is 1.86 bits per heavy atom. The lowest BCUT2D eigenvalue weighted by Crippen LogP contribution is -2.28. The highest BCUT2D eigenvalue weighted by Gasteiger charge is 2.34. The molecule has 1 aliphatic rings. The second-order valence-corrected chi connectivity index (χ2v) is 7.93. The highest BCUT2D eigenvalue weighted by molar-refractivity contribution is 14.1. The Kier molecular flexibility index (Phi) is 3.90. The summed E-state index contributed by atoms with van der Waals surface area (Å²) in [5.74, 6) is 0.872. The lowest BCUT2D eigenvalue weighted by atomic mass is 9.71. The van der Waals surface area contributed by atoms with E-state index in [9.17, 15) is 0 Å². The lowest BCUT2D eigenvalue weighted by molar-refractivity contribution is 0.165. The van der Waals surface area contributed by atoms with Crippen LogP contribution < -0.4 is 0 Å². The molecule has 1 heterocycles. The molecule has 0 aromatic heterocycles. The average molecular weight is 309 g/mol. The third kappa shape index (κ3) is 3.69. The van der Waals surface area contributed by atoms with E-state index in [2.05, 4.69) is 60.6 Å². The molecule has 14 heavy (non-hydrogen) atoms. The smallest absolute Gasteiger partial charge is 0.0201 e. The van der Waals surface area contributed by atoms with Crippen molar-refractivity contribution in [1.29, 1.82) is 0 Å². The molecule has 0 saturated carbocycles. The van der Waals surface area contributed by atoms with Gasteiger partial charge in [0.15, 0.2) is 0 Å². The van der Waals surface area contributed by atoms with Gasteiger partial charge in [0, 0.05) is 36.0 Å². The van der Waals surface area contributed by atoms with Crippen LogP contribution in [0.15, 0.2) is 0 Å². The first kappa shape index (κ1) is 12.8. The van der Waals surface area contributed by atoms with E-state index in [1.807, 2.05) is 0 Å². The van der Waals surface area contributed by atoms with Crippen molar-refractivity contribution < 1.29 is 0 Å². The van der Waals surface area contributed by atoms with Crippen molar-refractivity contribution in [3.63, 3.8) is 0 Å². The van der Waals surface area contributed by atoms with E-state index >= 15 is 0 Å². The number of nitrogens with zero attached hydrogens (tertiary/aromatic N) is 1. The highest BCUT2D eigenvalue weighted by Crippen LogP contribution is 2.41. The number of rotatable bonds is 0. The zero-order chi connectivity index (χ0) is 11.0. The third-order valence-corrected chi connectivity index (χ3v) is 4.17. The van der Waals surface area contributed by atoms with Gasteiger partial charge in [-0.25, -0.2) is 3.11 Å². The maximum Gasteiger partial charge on any atom is 0.0201 e. The van der Waals surface area contributed by atoms with Crippen LogP contribution in [0.3, 0.4) is 0 Å². The van der Waals surface area contributed by atoms with E-state index in [4.69, 9.17) is 0 Å². The van der Waals surface area contributed by atoms with E-state index in [1.165, 1.54) is 25.9 Å². The van der Waals surface area contributed by atoms with Gasteiger partial charge in [-0.1, -0.05) is 34.6 Å². The Balaban J connectivity index is 2.72. The Bertz CT molecular complexity index is 193. The second-order valence-electron chi connectivity index (χ2n) is 6.56. The summed E-state index contributed by atoms with van der Waals surface area (Å²) < 4.78 is 2.46. The molecule has 0 amide bonds. The first-order valence-electron chi connectivity index (χ1n) is 5.61. The molecule has 1 aliphatic heterocycles. The molecule has 1 fully saturated rings. The number of hydrogen-bond acceptors (Lipinski definition) is 1. The molecule has 0 aromatic carbocycles. The summed E-state index contributed by atoms with van der Waals surface area (Å²) in [6.45, 7) is 14.5. The van der Waals surface area contributed by atoms with Crippen LogP contribution >= 0.6 is 22.9 Å². The molecule has 1 saturated heterocycles. The molecule has 1 atom stereocenters. The van der Waals surface area contributed by atoms with Gasteiger partial charge < -0.3 is 0 Å². The maximum absolute atomic E-state index is 2.48. The van der Waals surface area contributed by atoms with Crippen molar-refractivity contribution in [2.45, 2.75) is 47.5 Å². The van der Waals surface area contributed by atoms with Gasteiger partial charge in [0.1, 0.15) is 0 Å². The van der Waals surface area contributed by atoms with E-state index in [1.54, 1.807) is 0 Å². The number of halogens is 1. The highest BCUT2D eigenvalue weighted by atomic mass is 127. The minimum atomic E-state index is 0.471. The number of hydrogen-bond donors (Lipinski definition) is 0. The maximum atomic E-state index is 2.48. The minimum Gasteiger partial charge on any atom is -0.247 e. The Morgan fingerprint density at radius 1 is 1.29 bits per heavy atom. The lowest BCUT2D eigenvalue weighted by Gasteiger charge is -2.34. The predicted octanol–water partition coefficient (Wildman–Crippen LogP) is 4.12. The monoisotopic (exact) mass is 309 g/mol. The molecular formula is C12H24IN. The van der Waals surface area contributed by atoms with Gasteiger partial charge in [-0.05, 0) is 29.6 Å². The van der Waals surface area contributed by atoms with Gasteiger partial charge >= 0.3 is 0 Å². The average Bonchev–Trinajstić information content (AvgIpc) is 2.05. The van der Waals surface area contributed by atoms with Crippen LogP contribution in [0.2, 0.25) is 0 Å². The molecule has 1 nitrogen and oxygen atoms in total. The van der Waals surface area contributed by atoms with Crippen LogP contribution in [0.5, 0.6) is 0 Å². The van der Waals surface area contributed by atoms with Crippen LogP contribution in [0.4, 0.5) is 0 Å². The summed E-state index contributed by atoms with van der Waals surface area (Å²) in [4.78, 5) is 0. The van der Waals surface area contributed by atoms with E-state index in [0.717, 1.165) is 5.92 Å². The van der Waals surface area contributed by atoms with Gasteiger partial charge in [-0.2, -0.15) is 0 Å². The van der Waals surface area contributed by atoms with Gasteiger partial charge in [0.25, 0.3) is 0 Å². The second kappa shape index (κ2) is 4.28. The first-order valence-corrected chi connectivity index (χ1v) is 6.58. The molecule has 0 aromatic rings. The Labute approximate surface area is 103 Å². The summed E-state index contributed by atoms with van der Waals surface area (Å²) >= 11 is 2.48. The quantitative estimate of drug-likeness (QED) is 0.480. The predicted molar refractivity (Wildman–Crippen MR) is 71.6 cm³/mol. The molecule has 84 valence electrons. The molecule has 1 rings (SSSR count). The fraction of sp³-hybridized carbons (Fsp3) is 1.00. The van der Waals surface area contributed by atoms with E-state index in [0.29, 0.717) is 10.8 Å². The summed E-state index contributed by atoms with van der Waals surface area (Å²) in [7, 11) is 0. The topological polar surface area (TPSA) is 3.24 Å². The van der Waals surface area contributed by atoms with Gasteiger partial charge in [0.05, 0.1) is 0 Å². The van der Waals surface area contributed by atoms with Crippen molar-refractivity contribution >= 4 is 22.9 Å². The van der Waals surface area contributed by atoms with Crippen molar-refractivity contribution in [2.75, 3.05) is 13.1 Å². The van der Waals surface area contributed by atoms with Crippen LogP contribution in [0.25, 0.3) is 0 Å². The normalized spacial score (nSPS) is 30.0. The molecule has 0 spiro atoms. The van der Waals surface area contributed by atoms with Crippen LogP contribution in [-0.2, 0) is 0 Å². The molecule has 1 unspecified atom stereocenters. The Hall–Kier alpha value is 0.690. The van der Waals surface area contributed by atoms with Crippen LogP contribution in [0, 0.1) is 16.7 Å². The molecule has 0 N–H and O–H groups in total. The zero-order valence-corrected chi connectivity index (χ0v) is 12.4. The summed E-state index contributed by atoms with van der Waals surface area (Å²) in [6.07, 6.45) is 2.73. The van der Waals surface area contributed by atoms with Crippen LogP contribution in [-0.4, -0.2) is 16.2 Å². The molecule has 2 heteroatoms. The van der Waals surface area contributed by atoms with E-state index < -0.39 is 0 Å². The molecular weight excluding hydrogens is 285 g/mol. The van der Waals surface area contributed by atoms with Crippen molar-refractivity contribution in [3.8, 4) is 0 Å². The molecule has 0 bridgehead atoms. The van der Waals surface area contributed by atoms with Gasteiger partial charge in [0.2, 0.25) is 0 Å². The largest absolute Gasteiger partial charge is 0.247 e. The minimum absolute atomic E-state index is 0.471. The zero-order valence-electron chi connectivity index (χ0n) is 10.2. The summed E-state index contributed by atoms with van der Waals surface area (Å²) in [6, 6.07) is 0. The standard InChI is InChI=1S/C12H24IN/c1-11(2,3)10-6-7-14(13)9-12(4,5)8-10/h10H,6-9H2,1-5H3. The van der Waals surface area contributed by atoms with Crippen molar-refractivity contribution in [2.24, 2.45) is 16.7 Å². The fourth-order valence-corrected chi connectivity index (χ4v) is 3.61. The van der Waals surface area contributed by atoms with Gasteiger partial charge in [-0.3, -0.25) is 0 Å². The SMILES string of the molecule is CC1(C)CC(C(C)(C)C)CCN(I)C1.